The lowest BCUT2D eigenvalue weighted by atomic mass is 9.69. The molecule has 0 radical (unpaired) electrons. The van der Waals surface area contributed by atoms with Crippen molar-refractivity contribution in [3.05, 3.63) is 82.6 Å². The number of alkyl halides is 1. The largest absolute Gasteiger partial charge is 0.466 e. The smallest absolute Gasteiger partial charge is 0.341 e. The van der Waals surface area contributed by atoms with E-state index in [0.717, 1.165) is 47.7 Å². The highest BCUT2D eigenvalue weighted by Gasteiger charge is 2.42. The van der Waals surface area contributed by atoms with Gasteiger partial charge in [0, 0.05) is 23.6 Å². The maximum Gasteiger partial charge on any atom is 0.341 e. The predicted octanol–water partition coefficient (Wildman–Crippen LogP) is 4.22. The molecule has 2 N–H and O–H groups in total. The van der Waals surface area contributed by atoms with E-state index in [1.165, 1.54) is 6.07 Å². The monoisotopic (exact) mass is 629 g/mol. The molecule has 12 heteroatoms. The Hall–Kier alpha value is -3.82. The number of halogens is 3. The number of carbonyl (C=O) groups excluding carboxylic acids is 3. The first kappa shape index (κ1) is 30.1. The molecular formula is C29H30BrF2N5O4. The SMILES string of the molecule is COC(=O)C1=C(CBr)NC(=O)N(N(C=O)CCNC2CCC(C#N)(c3ccccc3)CC2)C1c1ccc(F)c(F)c1. The fourth-order valence-corrected chi connectivity index (χ4v) is 5.94. The number of hydrogen-bond donors (Lipinski definition) is 2. The van der Waals surface area contributed by atoms with Gasteiger partial charge in [0.1, 0.15) is 6.04 Å². The molecule has 0 saturated heterocycles. The number of methoxy groups -OCH3 is 1. The molecule has 1 fully saturated rings. The molecule has 1 atom stereocenters. The molecular weight excluding hydrogens is 600 g/mol. The van der Waals surface area contributed by atoms with Gasteiger partial charge in [-0.15, -0.1) is 0 Å². The first-order chi connectivity index (χ1) is 19.8. The van der Waals surface area contributed by atoms with E-state index in [1.807, 2.05) is 30.3 Å². The van der Waals surface area contributed by atoms with Crippen molar-refractivity contribution in [2.75, 3.05) is 25.5 Å². The van der Waals surface area contributed by atoms with Crippen LogP contribution in [0, 0.1) is 23.0 Å². The van der Waals surface area contributed by atoms with E-state index in [2.05, 4.69) is 32.6 Å². The third-order valence-corrected chi connectivity index (χ3v) is 8.22. The van der Waals surface area contributed by atoms with Crippen molar-refractivity contribution >= 4 is 34.3 Å². The molecule has 9 nitrogen and oxygen atoms in total. The zero-order chi connectivity index (χ0) is 29.6. The van der Waals surface area contributed by atoms with Crippen LogP contribution in [-0.4, -0.2) is 60.0 Å². The third kappa shape index (κ3) is 6.26. The Morgan fingerprint density at radius 3 is 2.54 bits per heavy atom. The lowest BCUT2D eigenvalue weighted by Gasteiger charge is -2.42. The van der Waals surface area contributed by atoms with Gasteiger partial charge in [-0.1, -0.05) is 52.3 Å². The fourth-order valence-electron chi connectivity index (χ4n) is 5.50. The molecule has 1 unspecified atom stereocenters. The Balaban J connectivity index is 1.51. The first-order valence-electron chi connectivity index (χ1n) is 13.1. The summed E-state index contributed by atoms with van der Waals surface area (Å²) in [7, 11) is 1.16. The summed E-state index contributed by atoms with van der Waals surface area (Å²) in [6.45, 7) is 0.332. The Morgan fingerprint density at radius 2 is 1.95 bits per heavy atom. The molecule has 41 heavy (non-hydrogen) atoms. The number of benzene rings is 2. The number of nitriles is 1. The number of hydrogen-bond acceptors (Lipinski definition) is 6. The molecule has 2 aliphatic rings. The number of nitrogens with zero attached hydrogens (tertiary/aromatic N) is 3. The van der Waals surface area contributed by atoms with Gasteiger partial charge in [-0.05, 0) is 48.9 Å². The average molecular weight is 630 g/mol. The summed E-state index contributed by atoms with van der Waals surface area (Å²) in [5, 5.41) is 18.1. The van der Waals surface area contributed by atoms with Crippen molar-refractivity contribution in [2.24, 2.45) is 0 Å². The van der Waals surface area contributed by atoms with Crippen LogP contribution in [-0.2, 0) is 19.7 Å². The van der Waals surface area contributed by atoms with Crippen LogP contribution < -0.4 is 10.6 Å². The Kier molecular flexibility index (Phi) is 9.73. The van der Waals surface area contributed by atoms with Gasteiger partial charge in [-0.2, -0.15) is 5.26 Å². The first-order valence-corrected chi connectivity index (χ1v) is 14.2. The van der Waals surface area contributed by atoms with Gasteiger partial charge >= 0.3 is 12.0 Å². The molecule has 2 aromatic rings. The van der Waals surface area contributed by atoms with Crippen LogP contribution in [0.25, 0.3) is 0 Å². The topological polar surface area (TPSA) is 115 Å². The highest BCUT2D eigenvalue weighted by atomic mass is 79.9. The van der Waals surface area contributed by atoms with Crippen molar-refractivity contribution in [3.8, 4) is 6.07 Å². The predicted molar refractivity (Wildman–Crippen MR) is 149 cm³/mol. The van der Waals surface area contributed by atoms with E-state index in [-0.39, 0.29) is 34.8 Å². The Morgan fingerprint density at radius 1 is 1.24 bits per heavy atom. The number of urea groups is 1. The molecule has 0 bridgehead atoms. The molecule has 216 valence electrons. The second-order valence-corrected chi connectivity index (χ2v) is 10.5. The van der Waals surface area contributed by atoms with Crippen LogP contribution in [0.5, 0.6) is 0 Å². The zero-order valence-electron chi connectivity index (χ0n) is 22.4. The number of nitrogens with one attached hydrogen (secondary N) is 2. The minimum absolute atomic E-state index is 0.0316. The minimum atomic E-state index is -1.26. The molecule has 2 aromatic carbocycles. The molecule has 3 amide bonds. The quantitative estimate of drug-likeness (QED) is 0.231. The number of rotatable bonds is 10. The second kappa shape index (κ2) is 13.2. The van der Waals surface area contributed by atoms with Crippen molar-refractivity contribution in [2.45, 2.75) is 43.2 Å². The lowest BCUT2D eigenvalue weighted by molar-refractivity contribution is -0.141. The van der Waals surface area contributed by atoms with Crippen molar-refractivity contribution in [3.63, 3.8) is 0 Å². The standard InChI is InChI=1S/C29H30BrF2N5O4/c1-41-27(39)25-24(16-30)35-28(40)37(26(25)19-7-8-22(31)23(32)15-19)36(18-38)14-13-34-21-9-11-29(17-33,12-10-21)20-5-3-2-4-6-20/h2-8,15,18,21,26,34H,9-14,16H2,1H3,(H,35,40). The third-order valence-electron chi connectivity index (χ3n) is 7.66. The summed E-state index contributed by atoms with van der Waals surface area (Å²) < 4.78 is 33.0. The summed E-state index contributed by atoms with van der Waals surface area (Å²) >= 11 is 3.24. The number of amides is 3. The highest BCUT2D eigenvalue weighted by molar-refractivity contribution is 9.09. The van der Waals surface area contributed by atoms with Crippen LogP contribution in [0.3, 0.4) is 0 Å². The minimum Gasteiger partial charge on any atom is -0.466 e. The lowest BCUT2D eigenvalue weighted by Crippen LogP contribution is -2.57. The number of ether oxygens (including phenoxy) is 1. The molecule has 1 saturated carbocycles. The van der Waals surface area contributed by atoms with Crippen LogP contribution >= 0.6 is 15.9 Å². The number of hydrazine groups is 1. The second-order valence-electron chi connectivity index (χ2n) is 9.93. The van der Waals surface area contributed by atoms with Gasteiger partial charge in [-0.3, -0.25) is 9.80 Å². The Bertz CT molecular complexity index is 1360. The van der Waals surface area contributed by atoms with E-state index >= 15 is 0 Å². The summed E-state index contributed by atoms with van der Waals surface area (Å²) in [6, 6.07) is 13.4. The molecule has 4 rings (SSSR count). The number of carbonyl (C=O) groups is 3. The number of allylic oxidation sites excluding steroid dienone is 1. The van der Waals surface area contributed by atoms with Gasteiger partial charge in [0.25, 0.3) is 0 Å². The van der Waals surface area contributed by atoms with E-state index in [1.54, 1.807) is 0 Å². The summed E-state index contributed by atoms with van der Waals surface area (Å²) in [5.41, 5.74) is 0.694. The van der Waals surface area contributed by atoms with Gasteiger partial charge < -0.3 is 15.4 Å². The molecule has 0 aromatic heterocycles. The molecule has 1 aliphatic heterocycles. The highest BCUT2D eigenvalue weighted by Crippen LogP contribution is 2.39. The van der Waals surface area contributed by atoms with Gasteiger partial charge in [0.15, 0.2) is 11.6 Å². The van der Waals surface area contributed by atoms with Crippen LogP contribution in [0.1, 0.15) is 42.9 Å². The van der Waals surface area contributed by atoms with E-state index in [4.69, 9.17) is 4.74 Å². The van der Waals surface area contributed by atoms with Gasteiger partial charge in [0.05, 0.1) is 30.7 Å². The van der Waals surface area contributed by atoms with E-state index in [9.17, 15) is 28.4 Å². The van der Waals surface area contributed by atoms with Crippen LogP contribution in [0.2, 0.25) is 0 Å². The number of esters is 1. The van der Waals surface area contributed by atoms with Crippen LogP contribution in [0.4, 0.5) is 13.6 Å². The van der Waals surface area contributed by atoms with Crippen LogP contribution in [0.15, 0.2) is 59.8 Å². The molecule has 1 heterocycles. The maximum absolute atomic E-state index is 14.3. The van der Waals surface area contributed by atoms with Gasteiger partial charge in [0.2, 0.25) is 6.41 Å². The molecule has 1 aliphatic carbocycles. The fraction of sp³-hybridized carbons (Fsp3) is 0.379. The zero-order valence-corrected chi connectivity index (χ0v) is 24.0. The summed E-state index contributed by atoms with van der Waals surface area (Å²) in [4.78, 5) is 38.4. The van der Waals surface area contributed by atoms with Crippen molar-refractivity contribution in [1.29, 1.82) is 5.26 Å². The van der Waals surface area contributed by atoms with Gasteiger partial charge in [-0.25, -0.2) is 23.4 Å². The molecule has 0 spiro atoms. The normalized spacial score (nSPS) is 22.5. The maximum atomic E-state index is 14.3. The van der Waals surface area contributed by atoms with E-state index in [0.29, 0.717) is 25.8 Å². The summed E-state index contributed by atoms with van der Waals surface area (Å²) in [5.74, 6) is -3.06. The van der Waals surface area contributed by atoms with E-state index < -0.39 is 35.1 Å². The average Bonchev–Trinajstić information content (AvgIpc) is 3.01. The van der Waals surface area contributed by atoms with Crippen molar-refractivity contribution in [1.82, 2.24) is 20.7 Å². The Labute approximate surface area is 245 Å². The van der Waals surface area contributed by atoms with Crippen molar-refractivity contribution < 1.29 is 27.9 Å². The summed E-state index contributed by atoms with van der Waals surface area (Å²) in [6.07, 6.45) is 3.29.